The Hall–Kier alpha value is -2.63. The zero-order chi connectivity index (χ0) is 15.0. The number of aliphatic carboxylic acids is 1. The molecule has 0 fully saturated rings. The Morgan fingerprint density at radius 1 is 1.20 bits per heavy atom. The number of benzene rings is 1. The number of amides is 3. The van der Waals surface area contributed by atoms with Gasteiger partial charge in [-0.25, -0.2) is 9.59 Å². The van der Waals surface area contributed by atoms with Crippen molar-refractivity contribution in [1.29, 1.82) is 0 Å². The molecule has 3 amide bonds. The fourth-order valence-electron chi connectivity index (χ4n) is 1.58. The molecular weight excluding hydrogens is 260 g/mol. The van der Waals surface area contributed by atoms with Gasteiger partial charge in [-0.1, -0.05) is 30.3 Å². The molecule has 0 heterocycles. The largest absolute Gasteiger partial charge is 0.478 e. The highest BCUT2D eigenvalue weighted by Gasteiger charge is 2.09. The van der Waals surface area contributed by atoms with E-state index in [0.717, 1.165) is 11.6 Å². The van der Waals surface area contributed by atoms with Gasteiger partial charge in [0.2, 0.25) is 0 Å². The van der Waals surface area contributed by atoms with Gasteiger partial charge in [0.25, 0.3) is 5.91 Å². The van der Waals surface area contributed by atoms with E-state index in [9.17, 15) is 14.4 Å². The Bertz CT molecular complexity index is 511. The summed E-state index contributed by atoms with van der Waals surface area (Å²) in [6.07, 6.45) is 2.08. The van der Waals surface area contributed by atoms with E-state index in [-0.39, 0.29) is 6.04 Å². The summed E-state index contributed by atoms with van der Waals surface area (Å²) < 4.78 is 0. The number of carbonyl (C=O) groups is 3. The molecule has 20 heavy (non-hydrogen) atoms. The summed E-state index contributed by atoms with van der Waals surface area (Å²) in [6, 6.07) is 8.78. The van der Waals surface area contributed by atoms with E-state index in [4.69, 9.17) is 5.11 Å². The Labute approximate surface area is 116 Å². The van der Waals surface area contributed by atoms with Gasteiger partial charge in [-0.2, -0.15) is 0 Å². The third-order valence-corrected chi connectivity index (χ3v) is 2.38. The van der Waals surface area contributed by atoms with Gasteiger partial charge in [0, 0.05) is 18.2 Å². The summed E-state index contributed by atoms with van der Waals surface area (Å²) in [5.41, 5.74) is 1.07. The summed E-state index contributed by atoms with van der Waals surface area (Å²) in [7, 11) is 0. The van der Waals surface area contributed by atoms with Crippen LogP contribution in [-0.2, 0) is 16.0 Å². The molecule has 1 aromatic carbocycles. The Balaban J connectivity index is 2.38. The van der Waals surface area contributed by atoms with Crippen molar-refractivity contribution in [3.8, 4) is 0 Å². The maximum absolute atomic E-state index is 11.5. The van der Waals surface area contributed by atoms with Crippen LogP contribution in [-0.4, -0.2) is 29.1 Å². The van der Waals surface area contributed by atoms with E-state index in [2.05, 4.69) is 5.32 Å². The maximum atomic E-state index is 11.5. The Morgan fingerprint density at radius 3 is 2.45 bits per heavy atom. The molecule has 0 aliphatic carbocycles. The minimum absolute atomic E-state index is 0.159. The van der Waals surface area contributed by atoms with Crippen LogP contribution in [0.2, 0.25) is 0 Å². The Morgan fingerprint density at radius 2 is 1.85 bits per heavy atom. The van der Waals surface area contributed by atoms with Crippen LogP contribution in [0.5, 0.6) is 0 Å². The molecule has 0 bridgehead atoms. The van der Waals surface area contributed by atoms with Crippen molar-refractivity contribution < 1.29 is 19.5 Å². The van der Waals surface area contributed by atoms with Gasteiger partial charge in [0.1, 0.15) is 0 Å². The van der Waals surface area contributed by atoms with E-state index < -0.39 is 17.9 Å². The number of rotatable bonds is 5. The minimum atomic E-state index is -1.25. The maximum Gasteiger partial charge on any atom is 0.328 e. The summed E-state index contributed by atoms with van der Waals surface area (Å²) in [6.45, 7) is 1.81. The van der Waals surface area contributed by atoms with E-state index in [1.807, 2.05) is 42.6 Å². The molecule has 0 spiro atoms. The lowest BCUT2D eigenvalue weighted by molar-refractivity contribution is -0.131. The number of carbonyl (C=O) groups excluding carboxylic acids is 2. The van der Waals surface area contributed by atoms with Crippen LogP contribution in [0, 0.1) is 0 Å². The van der Waals surface area contributed by atoms with Gasteiger partial charge in [-0.05, 0) is 18.9 Å². The SMILES string of the molecule is CC(Cc1ccccc1)NC(=O)NC(=O)C=CC(=O)O. The lowest BCUT2D eigenvalue weighted by Crippen LogP contribution is -2.43. The van der Waals surface area contributed by atoms with Crippen molar-refractivity contribution in [2.75, 3.05) is 0 Å². The fraction of sp³-hybridized carbons (Fsp3) is 0.214. The third kappa shape index (κ3) is 6.34. The fourth-order valence-corrected chi connectivity index (χ4v) is 1.58. The molecule has 6 heteroatoms. The number of nitrogens with one attached hydrogen (secondary N) is 2. The smallest absolute Gasteiger partial charge is 0.328 e. The van der Waals surface area contributed by atoms with Crippen molar-refractivity contribution in [3.63, 3.8) is 0 Å². The van der Waals surface area contributed by atoms with Crippen LogP contribution < -0.4 is 10.6 Å². The van der Waals surface area contributed by atoms with E-state index in [0.29, 0.717) is 12.5 Å². The topological polar surface area (TPSA) is 95.5 Å². The van der Waals surface area contributed by atoms with Crippen LogP contribution in [0.4, 0.5) is 4.79 Å². The third-order valence-electron chi connectivity index (χ3n) is 2.38. The first-order valence-corrected chi connectivity index (χ1v) is 6.04. The molecule has 0 saturated heterocycles. The molecule has 1 unspecified atom stereocenters. The van der Waals surface area contributed by atoms with Crippen LogP contribution in [0.25, 0.3) is 0 Å². The first-order chi connectivity index (χ1) is 9.47. The monoisotopic (exact) mass is 276 g/mol. The van der Waals surface area contributed by atoms with Gasteiger partial charge in [-0.3, -0.25) is 10.1 Å². The van der Waals surface area contributed by atoms with Gasteiger partial charge >= 0.3 is 12.0 Å². The molecule has 0 aliphatic heterocycles. The summed E-state index contributed by atoms with van der Waals surface area (Å²) in [4.78, 5) is 32.9. The zero-order valence-electron chi connectivity index (χ0n) is 11.0. The highest BCUT2D eigenvalue weighted by atomic mass is 16.4. The van der Waals surface area contributed by atoms with E-state index in [1.54, 1.807) is 0 Å². The number of carboxylic acid groups (broad SMARTS) is 1. The quantitative estimate of drug-likeness (QED) is 0.701. The number of carboxylic acids is 1. The van der Waals surface area contributed by atoms with E-state index in [1.165, 1.54) is 0 Å². The number of imide groups is 1. The second-order valence-corrected chi connectivity index (χ2v) is 4.23. The first kappa shape index (κ1) is 15.4. The molecule has 106 valence electrons. The average molecular weight is 276 g/mol. The predicted molar refractivity (Wildman–Crippen MR) is 73.1 cm³/mol. The molecule has 0 aromatic heterocycles. The number of hydrogen-bond donors (Lipinski definition) is 3. The van der Waals surface area contributed by atoms with Crippen molar-refractivity contribution in [2.24, 2.45) is 0 Å². The van der Waals surface area contributed by atoms with Crippen LogP contribution in [0.3, 0.4) is 0 Å². The van der Waals surface area contributed by atoms with Gasteiger partial charge in [-0.15, -0.1) is 0 Å². The highest BCUT2D eigenvalue weighted by Crippen LogP contribution is 2.02. The molecule has 1 atom stereocenters. The highest BCUT2D eigenvalue weighted by molar-refractivity contribution is 6.02. The first-order valence-electron chi connectivity index (χ1n) is 6.04. The minimum Gasteiger partial charge on any atom is -0.478 e. The second-order valence-electron chi connectivity index (χ2n) is 4.23. The standard InChI is InChI=1S/C14H16N2O4/c1-10(9-11-5-3-2-4-6-11)15-14(20)16-12(17)7-8-13(18)19/h2-8,10H,9H2,1H3,(H,18,19)(H2,15,16,17,20). The molecule has 0 aliphatic rings. The summed E-state index contributed by atoms with van der Waals surface area (Å²) >= 11 is 0. The molecule has 0 saturated carbocycles. The lowest BCUT2D eigenvalue weighted by atomic mass is 10.1. The predicted octanol–water partition coefficient (Wildman–Crippen LogP) is 1.08. The number of hydrogen-bond acceptors (Lipinski definition) is 3. The van der Waals surface area contributed by atoms with Gasteiger partial charge < -0.3 is 10.4 Å². The van der Waals surface area contributed by atoms with E-state index >= 15 is 0 Å². The molecule has 1 rings (SSSR count). The normalized spacial score (nSPS) is 11.8. The molecule has 6 nitrogen and oxygen atoms in total. The summed E-state index contributed by atoms with van der Waals surface area (Å²) in [5.74, 6) is -2.03. The van der Waals surface area contributed by atoms with Crippen LogP contribution in [0.15, 0.2) is 42.5 Å². The lowest BCUT2D eigenvalue weighted by Gasteiger charge is -2.13. The van der Waals surface area contributed by atoms with Crippen molar-refractivity contribution in [3.05, 3.63) is 48.0 Å². The molecular formula is C14H16N2O4. The van der Waals surface area contributed by atoms with Crippen molar-refractivity contribution in [1.82, 2.24) is 10.6 Å². The van der Waals surface area contributed by atoms with Gasteiger partial charge in [0.15, 0.2) is 0 Å². The average Bonchev–Trinajstić information content (AvgIpc) is 2.37. The summed E-state index contributed by atoms with van der Waals surface area (Å²) in [5, 5.41) is 12.9. The molecule has 3 N–H and O–H groups in total. The van der Waals surface area contributed by atoms with Crippen LogP contribution in [0.1, 0.15) is 12.5 Å². The molecule has 1 aromatic rings. The number of urea groups is 1. The zero-order valence-corrected chi connectivity index (χ0v) is 11.0. The second kappa shape index (κ2) is 7.73. The Kier molecular flexibility index (Phi) is 5.96. The van der Waals surface area contributed by atoms with Gasteiger partial charge in [0.05, 0.1) is 0 Å². The molecule has 0 radical (unpaired) electrons. The van der Waals surface area contributed by atoms with Crippen molar-refractivity contribution in [2.45, 2.75) is 19.4 Å². The van der Waals surface area contributed by atoms with Crippen molar-refractivity contribution >= 4 is 17.9 Å². The van der Waals surface area contributed by atoms with Crippen LogP contribution >= 0.6 is 0 Å².